The van der Waals surface area contributed by atoms with E-state index in [0.717, 1.165) is 0 Å². The lowest BCUT2D eigenvalue weighted by atomic mass is 9.65. The zero-order valence-electron chi connectivity index (χ0n) is 38.6. The first kappa shape index (κ1) is 40.7. The molecule has 0 radical (unpaired) electrons. The van der Waals surface area contributed by atoms with Crippen LogP contribution in [0.1, 0.15) is 22.3 Å². The molecule has 0 bridgehead atoms. The van der Waals surface area contributed by atoms with Gasteiger partial charge in [0.05, 0.1) is 22.1 Å². The summed E-state index contributed by atoms with van der Waals surface area (Å²) in [5, 5.41) is 13.5. The van der Waals surface area contributed by atoms with E-state index in [2.05, 4.69) is 290 Å². The monoisotopic (exact) mass is 921 g/mol. The van der Waals surface area contributed by atoms with Gasteiger partial charge in [-0.2, -0.15) is 0 Å². The van der Waals surface area contributed by atoms with Gasteiger partial charge in [0.25, 0.3) is 0 Å². The van der Waals surface area contributed by atoms with E-state index in [-0.39, 0.29) is 0 Å². The minimum atomic E-state index is -3.07. The molecule has 3 heteroatoms. The van der Waals surface area contributed by atoms with E-state index < -0.39 is 21.6 Å². The lowest BCUT2D eigenvalue weighted by molar-refractivity contribution is 0.749. The normalized spacial score (nSPS) is 13.3. The van der Waals surface area contributed by atoms with Crippen LogP contribution >= 0.6 is 0 Å². The average Bonchev–Trinajstić information content (AvgIpc) is 3.93. The van der Waals surface area contributed by atoms with Crippen molar-refractivity contribution in [2.24, 2.45) is 0 Å². The maximum absolute atomic E-state index is 3.07. The summed E-state index contributed by atoms with van der Waals surface area (Å²) in [6, 6.07) is 109. The first-order valence-corrected chi connectivity index (χ1v) is 28.5. The van der Waals surface area contributed by atoms with Gasteiger partial charge in [-0.3, -0.25) is 0 Å². The van der Waals surface area contributed by atoms with Gasteiger partial charge in [-0.15, -0.1) is 0 Å². The van der Waals surface area contributed by atoms with Crippen molar-refractivity contribution in [3.05, 3.63) is 307 Å². The van der Waals surface area contributed by atoms with Crippen LogP contribution in [-0.4, -0.2) is 20.7 Å². The van der Waals surface area contributed by atoms with Crippen LogP contribution < -0.4 is 41.5 Å². The third kappa shape index (κ3) is 5.47. The lowest BCUT2D eigenvalue weighted by Gasteiger charge is -2.41. The summed E-state index contributed by atoms with van der Waals surface area (Å²) in [6.07, 6.45) is 0. The highest BCUT2D eigenvalue weighted by molar-refractivity contribution is 7.20. The van der Waals surface area contributed by atoms with Gasteiger partial charge in [0.1, 0.15) is 0 Å². The first-order chi connectivity index (χ1) is 34.7. The van der Waals surface area contributed by atoms with Crippen LogP contribution in [0.2, 0.25) is 0 Å². The van der Waals surface area contributed by atoms with Crippen molar-refractivity contribution in [1.29, 1.82) is 0 Å². The molecule has 0 atom stereocenters. The Morgan fingerprint density at radius 1 is 0.257 bits per heavy atom. The number of hydrogen-bond donors (Lipinski definition) is 0. The van der Waals surface area contributed by atoms with Gasteiger partial charge >= 0.3 is 0 Å². The highest BCUT2D eigenvalue weighted by atomic mass is 28.3. The molecule has 1 spiro atoms. The van der Waals surface area contributed by atoms with E-state index in [0.29, 0.717) is 0 Å². The molecule has 1 aliphatic carbocycles. The van der Waals surface area contributed by atoms with Crippen molar-refractivity contribution in [3.63, 3.8) is 0 Å². The van der Waals surface area contributed by atoms with E-state index in [1.807, 2.05) is 0 Å². The van der Waals surface area contributed by atoms with E-state index >= 15 is 0 Å². The van der Waals surface area contributed by atoms with Gasteiger partial charge < -0.3 is 4.57 Å². The molecule has 14 rings (SSSR count). The molecule has 0 amide bonds. The summed E-state index contributed by atoms with van der Waals surface area (Å²) in [5.74, 6) is 0. The Morgan fingerprint density at radius 2 is 0.614 bits per heavy atom. The third-order valence-corrected chi connectivity index (χ3v) is 25.4. The summed E-state index contributed by atoms with van der Waals surface area (Å²) in [4.78, 5) is 0. The van der Waals surface area contributed by atoms with Gasteiger partial charge in [0, 0.05) is 10.8 Å². The molecule has 1 aliphatic heterocycles. The van der Waals surface area contributed by atoms with Crippen molar-refractivity contribution in [1.82, 2.24) is 4.57 Å². The number of aromatic nitrogens is 1. The lowest BCUT2D eigenvalue weighted by Crippen LogP contribution is -2.74. The van der Waals surface area contributed by atoms with Gasteiger partial charge in [-0.05, 0) is 87.0 Å². The van der Waals surface area contributed by atoms with Crippen LogP contribution in [-0.2, 0) is 5.41 Å². The molecule has 12 aromatic rings. The van der Waals surface area contributed by atoms with Crippen LogP contribution in [0.3, 0.4) is 0 Å². The summed E-state index contributed by atoms with van der Waals surface area (Å²) in [5.41, 5.74) is 11.1. The largest absolute Gasteiger partial charge is 0.309 e. The molecule has 0 fully saturated rings. The third-order valence-electron chi connectivity index (χ3n) is 15.9. The molecule has 0 N–H and O–H groups in total. The topological polar surface area (TPSA) is 4.93 Å². The fraction of sp³-hybridized carbons (Fsp3) is 0.0149. The number of benzene rings is 11. The van der Waals surface area contributed by atoms with Crippen molar-refractivity contribution in [2.45, 2.75) is 5.41 Å². The Morgan fingerprint density at radius 3 is 1.06 bits per heavy atom. The van der Waals surface area contributed by atoms with E-state index in [1.54, 1.807) is 0 Å². The number of hydrogen-bond acceptors (Lipinski definition) is 0. The van der Waals surface area contributed by atoms with Crippen molar-refractivity contribution in [2.75, 3.05) is 0 Å². The standard InChI is InChI=1S/C67H47NSi2/c1-7-25-48(26-8-1)69(49-27-9-2-10-28-49,50-29-11-3-12-30-50)54-43-44-64-58(45-54)59-46-55(70(51-31-13-4-14-32-51,52-33-15-5-16-34-52)53-35-17-6-18-36-53)47-63-66(59)68(64)65-42-24-23-41-62(65)67(63)60-39-21-19-37-56(60)57-38-20-22-40-61(57)67/h1-47H. The Hall–Kier alpha value is -8.35. The van der Waals surface area contributed by atoms with Crippen LogP contribution in [0, 0.1) is 0 Å². The summed E-state index contributed by atoms with van der Waals surface area (Å²) >= 11 is 0. The smallest absolute Gasteiger partial charge is 0.179 e. The minimum absolute atomic E-state index is 0.591. The van der Waals surface area contributed by atoms with Gasteiger partial charge in [0.15, 0.2) is 16.1 Å². The van der Waals surface area contributed by atoms with Gasteiger partial charge in [0.2, 0.25) is 0 Å². The summed E-state index contributed by atoms with van der Waals surface area (Å²) < 4.78 is 2.63. The maximum atomic E-state index is 2.68. The van der Waals surface area contributed by atoms with Gasteiger partial charge in [-0.1, -0.05) is 273 Å². The second-order valence-electron chi connectivity index (χ2n) is 19.0. The molecule has 11 aromatic carbocycles. The van der Waals surface area contributed by atoms with Crippen LogP contribution in [0.4, 0.5) is 0 Å². The maximum Gasteiger partial charge on any atom is 0.179 e. The number of para-hydroxylation sites is 1. The molecule has 0 unspecified atom stereocenters. The molecule has 1 aromatic heterocycles. The zero-order valence-corrected chi connectivity index (χ0v) is 40.6. The first-order valence-electron chi connectivity index (χ1n) is 24.5. The Kier molecular flexibility index (Phi) is 9.22. The van der Waals surface area contributed by atoms with Crippen LogP contribution in [0.15, 0.2) is 285 Å². The van der Waals surface area contributed by atoms with Crippen LogP contribution in [0.25, 0.3) is 38.6 Å². The fourth-order valence-corrected chi connectivity index (χ4v) is 22.8. The Bertz CT molecular complexity index is 3680. The minimum Gasteiger partial charge on any atom is -0.309 e. The number of rotatable bonds is 8. The average molecular weight is 922 g/mol. The zero-order chi connectivity index (χ0) is 46.3. The molecule has 70 heavy (non-hydrogen) atoms. The highest BCUT2D eigenvalue weighted by Crippen LogP contribution is 2.60. The molecular formula is C67H47NSi2. The predicted octanol–water partition coefficient (Wildman–Crippen LogP) is 10.2. The molecule has 2 heterocycles. The second-order valence-corrected chi connectivity index (χ2v) is 26.7. The highest BCUT2D eigenvalue weighted by Gasteiger charge is 2.52. The van der Waals surface area contributed by atoms with Crippen molar-refractivity contribution < 1.29 is 0 Å². The molecular weight excluding hydrogens is 875 g/mol. The summed E-state index contributed by atoms with van der Waals surface area (Å²) in [6.45, 7) is 0. The van der Waals surface area contributed by atoms with Crippen molar-refractivity contribution >= 4 is 79.4 Å². The molecule has 328 valence electrons. The molecule has 2 aliphatic rings. The van der Waals surface area contributed by atoms with Crippen LogP contribution in [0.5, 0.6) is 0 Å². The second kappa shape index (κ2) is 15.9. The molecule has 0 saturated heterocycles. The molecule has 0 saturated carbocycles. The summed E-state index contributed by atoms with van der Waals surface area (Å²) in [7, 11) is -5.98. The Balaban J connectivity index is 1.21. The fourth-order valence-electron chi connectivity index (χ4n) is 13.2. The van der Waals surface area contributed by atoms with Gasteiger partial charge in [-0.25, -0.2) is 0 Å². The van der Waals surface area contributed by atoms with E-state index in [1.165, 1.54) is 102 Å². The van der Waals surface area contributed by atoms with E-state index in [9.17, 15) is 0 Å². The van der Waals surface area contributed by atoms with Crippen molar-refractivity contribution in [3.8, 4) is 16.8 Å². The SMILES string of the molecule is c1ccc([Si](c2ccccc2)(c2ccccc2)c2ccc3c(c2)c2cc([Si](c4ccccc4)(c4ccccc4)c4ccccc4)cc4c2n3-c2ccccc2C42c3ccccc3-c3ccccc32)cc1. The Labute approximate surface area is 411 Å². The van der Waals surface area contributed by atoms with E-state index in [4.69, 9.17) is 0 Å². The molecule has 1 nitrogen and oxygen atoms in total. The quantitative estimate of drug-likeness (QED) is 0.106. The number of nitrogens with zero attached hydrogens (tertiary/aromatic N) is 1. The number of fused-ring (bicyclic) bond motifs is 12. The predicted molar refractivity (Wildman–Crippen MR) is 299 cm³/mol.